The predicted molar refractivity (Wildman–Crippen MR) is 259 cm³/mol. The number of ether oxygens (including phenoxy) is 6. The van der Waals surface area contributed by atoms with Crippen LogP contribution in [0.2, 0.25) is 0 Å². The van der Waals surface area contributed by atoms with Gasteiger partial charge in [0.05, 0.1) is 55.1 Å². The molecule has 0 saturated carbocycles. The second-order valence-electron chi connectivity index (χ2n) is 16.7. The normalized spacial score (nSPS) is 13.4. The molecular formula is C54H54N6O12. The van der Waals surface area contributed by atoms with Crippen molar-refractivity contribution in [1.29, 1.82) is 0 Å². The number of esters is 6. The zero-order valence-corrected chi connectivity index (χ0v) is 40.2. The molecule has 0 bridgehead atoms. The standard InChI is InChI=1S/C54H54N6O12/c1-67-52(64)46-28-40(49(61)70-34-37-13-7-4-8-14-37)25-43(55-46)31-58-19-21-59(32-44-26-41(29-47(56-44)53(65)68-2)50(62)71-35-38-15-9-5-10-16-38)23-24-60(22-20-58)33-45-27-42(30-48(57-45)54(66)69-3)51(63)72-36-39-17-11-6-12-18-39/h4-18,25-30H,19-24,31-36H2,1-3H3. The van der Waals surface area contributed by atoms with Gasteiger partial charge in [-0.25, -0.2) is 43.7 Å². The zero-order chi connectivity index (χ0) is 50.8. The Kier molecular flexibility index (Phi) is 18.4. The van der Waals surface area contributed by atoms with E-state index in [1.54, 1.807) is 18.2 Å². The molecule has 1 aliphatic rings. The molecule has 0 aliphatic carbocycles. The van der Waals surface area contributed by atoms with Crippen molar-refractivity contribution >= 4 is 35.8 Å². The van der Waals surface area contributed by atoms with Gasteiger partial charge in [-0.15, -0.1) is 0 Å². The van der Waals surface area contributed by atoms with Crippen molar-refractivity contribution in [1.82, 2.24) is 29.7 Å². The molecule has 18 nitrogen and oxygen atoms in total. The lowest BCUT2D eigenvalue weighted by Gasteiger charge is -2.25. The first kappa shape index (κ1) is 51.7. The van der Waals surface area contributed by atoms with Gasteiger partial charge in [0, 0.05) is 58.9 Å². The number of hydrogen-bond acceptors (Lipinski definition) is 18. The molecule has 1 fully saturated rings. The van der Waals surface area contributed by atoms with E-state index in [2.05, 4.69) is 29.7 Å². The second-order valence-corrected chi connectivity index (χ2v) is 16.7. The fraction of sp³-hybridized carbons (Fsp3) is 0.278. The van der Waals surface area contributed by atoms with Gasteiger partial charge in [-0.2, -0.15) is 0 Å². The molecule has 0 N–H and O–H groups in total. The summed E-state index contributed by atoms with van der Waals surface area (Å²) < 4.78 is 31.9. The SMILES string of the molecule is COC(=O)c1cc(C(=O)OCc2ccccc2)cc(CN2CCN(Cc3cc(C(=O)OCc4ccccc4)cc(C(=O)OC)n3)CCN(Cc3cc(C(=O)OCc4ccccc4)cc(C(=O)OC)n3)CC2)n1. The second kappa shape index (κ2) is 25.6. The van der Waals surface area contributed by atoms with Gasteiger partial charge < -0.3 is 28.4 Å². The summed E-state index contributed by atoms with van der Waals surface area (Å²) in [5.74, 6) is -4.14. The fourth-order valence-electron chi connectivity index (χ4n) is 7.75. The molecule has 1 saturated heterocycles. The van der Waals surface area contributed by atoms with Crippen LogP contribution >= 0.6 is 0 Å². The Morgan fingerprint density at radius 1 is 0.375 bits per heavy atom. The number of carbonyl (C=O) groups is 6. The van der Waals surface area contributed by atoms with Gasteiger partial charge in [-0.3, -0.25) is 14.7 Å². The molecule has 3 aromatic heterocycles. The van der Waals surface area contributed by atoms with E-state index >= 15 is 0 Å². The number of methoxy groups -OCH3 is 3. The van der Waals surface area contributed by atoms with Gasteiger partial charge in [-0.1, -0.05) is 91.0 Å². The van der Waals surface area contributed by atoms with Crippen molar-refractivity contribution in [3.8, 4) is 0 Å². The number of carbonyl (C=O) groups excluding carboxylic acids is 6. The van der Waals surface area contributed by atoms with Crippen molar-refractivity contribution in [3.63, 3.8) is 0 Å². The Morgan fingerprint density at radius 3 is 0.861 bits per heavy atom. The Morgan fingerprint density at radius 2 is 0.625 bits per heavy atom. The van der Waals surface area contributed by atoms with Crippen LogP contribution in [0, 0.1) is 0 Å². The first-order valence-corrected chi connectivity index (χ1v) is 23.0. The van der Waals surface area contributed by atoms with E-state index in [0.29, 0.717) is 56.4 Å². The molecule has 3 aromatic carbocycles. The van der Waals surface area contributed by atoms with Crippen LogP contribution in [0.5, 0.6) is 0 Å². The molecule has 0 spiro atoms. The van der Waals surface area contributed by atoms with Crippen molar-refractivity contribution in [2.75, 3.05) is 60.6 Å². The number of rotatable bonds is 18. The van der Waals surface area contributed by atoms with Crippen molar-refractivity contribution in [3.05, 3.63) is 195 Å². The summed E-state index contributed by atoms with van der Waals surface area (Å²) in [5, 5.41) is 0. The molecule has 4 heterocycles. The van der Waals surface area contributed by atoms with Crippen LogP contribution in [-0.4, -0.2) is 126 Å². The van der Waals surface area contributed by atoms with Crippen LogP contribution < -0.4 is 0 Å². The first-order valence-electron chi connectivity index (χ1n) is 23.0. The summed E-state index contributed by atoms with van der Waals surface area (Å²) in [6, 6.07) is 36.4. The van der Waals surface area contributed by atoms with E-state index in [4.69, 9.17) is 28.4 Å². The molecule has 372 valence electrons. The summed E-state index contributed by atoms with van der Waals surface area (Å²) in [7, 11) is 3.69. The van der Waals surface area contributed by atoms with Crippen LogP contribution in [0.4, 0.5) is 0 Å². The predicted octanol–water partition coefficient (Wildman–Crippen LogP) is 6.12. The van der Waals surface area contributed by atoms with Gasteiger partial charge in [-0.05, 0) is 53.1 Å². The summed E-state index contributed by atoms with van der Waals surface area (Å²) in [6.07, 6.45) is 0. The van der Waals surface area contributed by atoms with Gasteiger partial charge >= 0.3 is 35.8 Å². The first-order chi connectivity index (χ1) is 35.0. The Hall–Kier alpha value is -8.19. The molecule has 6 aromatic rings. The number of aromatic nitrogens is 3. The third-order valence-electron chi connectivity index (χ3n) is 11.5. The van der Waals surface area contributed by atoms with Crippen molar-refractivity contribution < 1.29 is 57.2 Å². The molecule has 1 aliphatic heterocycles. The minimum Gasteiger partial charge on any atom is -0.464 e. The molecule has 0 atom stereocenters. The van der Waals surface area contributed by atoms with E-state index in [9.17, 15) is 28.8 Å². The van der Waals surface area contributed by atoms with Gasteiger partial charge in [0.2, 0.25) is 0 Å². The molecule has 7 rings (SSSR count). The van der Waals surface area contributed by atoms with E-state index in [0.717, 1.165) is 16.7 Å². The Balaban J connectivity index is 1.17. The van der Waals surface area contributed by atoms with Crippen LogP contribution in [0.1, 0.15) is 96.3 Å². The number of nitrogens with zero attached hydrogens (tertiary/aromatic N) is 6. The highest BCUT2D eigenvalue weighted by atomic mass is 16.5. The highest BCUT2D eigenvalue weighted by Gasteiger charge is 2.24. The van der Waals surface area contributed by atoms with Crippen molar-refractivity contribution in [2.45, 2.75) is 39.5 Å². The average molecular weight is 979 g/mol. The summed E-state index contributed by atoms with van der Waals surface area (Å²) in [6.45, 7) is 3.29. The highest BCUT2D eigenvalue weighted by Crippen LogP contribution is 2.19. The Labute approximate surface area is 416 Å². The van der Waals surface area contributed by atoms with E-state index < -0.39 is 35.8 Å². The zero-order valence-electron chi connectivity index (χ0n) is 40.2. The third-order valence-corrected chi connectivity index (χ3v) is 11.5. The number of pyridine rings is 3. The smallest absolute Gasteiger partial charge is 0.356 e. The lowest BCUT2D eigenvalue weighted by Crippen LogP contribution is -2.36. The monoisotopic (exact) mass is 978 g/mol. The maximum Gasteiger partial charge on any atom is 0.356 e. The summed E-state index contributed by atoms with van der Waals surface area (Å²) in [5.41, 5.74) is 3.72. The van der Waals surface area contributed by atoms with Gasteiger partial charge in [0.1, 0.15) is 36.9 Å². The average Bonchev–Trinajstić information content (AvgIpc) is 3.51. The maximum atomic E-state index is 13.5. The number of hydrogen-bond donors (Lipinski definition) is 0. The topological polar surface area (TPSA) is 206 Å². The summed E-state index contributed by atoms with van der Waals surface area (Å²) >= 11 is 0. The quantitative estimate of drug-likeness (QED) is 0.0702. The van der Waals surface area contributed by atoms with Gasteiger partial charge in [0.25, 0.3) is 0 Å². The molecule has 18 heteroatoms. The highest BCUT2D eigenvalue weighted by molar-refractivity contribution is 5.96. The van der Waals surface area contributed by atoms with Crippen LogP contribution in [-0.2, 0) is 67.9 Å². The largest absolute Gasteiger partial charge is 0.464 e. The lowest BCUT2D eigenvalue weighted by molar-refractivity contribution is 0.0462. The fourth-order valence-corrected chi connectivity index (χ4v) is 7.75. The molecule has 0 unspecified atom stereocenters. The minimum absolute atomic E-state index is 0.0181. The maximum absolute atomic E-state index is 13.5. The minimum atomic E-state index is -0.731. The molecule has 72 heavy (non-hydrogen) atoms. The van der Waals surface area contributed by atoms with E-state index in [1.807, 2.05) is 91.0 Å². The van der Waals surface area contributed by atoms with Crippen LogP contribution in [0.3, 0.4) is 0 Å². The van der Waals surface area contributed by atoms with E-state index in [1.165, 1.54) is 39.5 Å². The van der Waals surface area contributed by atoms with E-state index in [-0.39, 0.29) is 73.2 Å². The number of benzene rings is 3. The van der Waals surface area contributed by atoms with Crippen LogP contribution in [0.15, 0.2) is 127 Å². The van der Waals surface area contributed by atoms with Gasteiger partial charge in [0.15, 0.2) is 0 Å². The molecule has 0 radical (unpaired) electrons. The third kappa shape index (κ3) is 14.9. The lowest BCUT2D eigenvalue weighted by atomic mass is 10.1. The molecule has 0 amide bonds. The van der Waals surface area contributed by atoms with Crippen LogP contribution in [0.25, 0.3) is 0 Å². The molecular weight excluding hydrogens is 925 g/mol. The summed E-state index contributed by atoms with van der Waals surface area (Å²) in [4.78, 5) is 99.2. The van der Waals surface area contributed by atoms with Crippen molar-refractivity contribution in [2.24, 2.45) is 0 Å². The Bertz CT molecular complexity index is 2530.